The number of nitrogens with one attached hydrogen (secondary N) is 1. The van der Waals surface area contributed by atoms with Crippen LogP contribution in [0.1, 0.15) is 5.56 Å². The fraction of sp³-hybridized carbons (Fsp3) is 0.176. The number of halogens is 4. The van der Waals surface area contributed by atoms with Crippen LogP contribution in [0.4, 0.5) is 18.9 Å². The molecule has 0 unspecified atom stereocenters. The molecule has 1 aromatic carbocycles. The van der Waals surface area contributed by atoms with E-state index in [1.807, 2.05) is 0 Å². The van der Waals surface area contributed by atoms with Crippen molar-refractivity contribution in [3.63, 3.8) is 0 Å². The minimum Gasteiger partial charge on any atom is -0.325 e. The number of hydrogen-bond donors (Lipinski definition) is 1. The number of carbonyl (C=O) groups is 1. The van der Waals surface area contributed by atoms with Crippen LogP contribution in [-0.2, 0) is 18.0 Å². The maximum absolute atomic E-state index is 12.9. The fourth-order valence-corrected chi connectivity index (χ4v) is 3.28. The van der Waals surface area contributed by atoms with Crippen molar-refractivity contribution in [1.29, 1.82) is 0 Å². The summed E-state index contributed by atoms with van der Waals surface area (Å²) in [6.07, 6.45) is -1.34. The highest BCUT2D eigenvalue weighted by Crippen LogP contribution is 2.36. The van der Waals surface area contributed by atoms with Crippen molar-refractivity contribution in [3.8, 4) is 11.4 Å². The molecule has 0 aliphatic heterocycles. The second kappa shape index (κ2) is 8.19. The van der Waals surface area contributed by atoms with Crippen LogP contribution in [0.25, 0.3) is 11.4 Å². The van der Waals surface area contributed by atoms with Gasteiger partial charge in [-0.05, 0) is 30.3 Å². The molecule has 3 rings (SSSR count). The summed E-state index contributed by atoms with van der Waals surface area (Å²) in [6.45, 7) is 0. The summed E-state index contributed by atoms with van der Waals surface area (Å²) in [5, 5.41) is 10.6. The molecule has 146 valence electrons. The summed E-state index contributed by atoms with van der Waals surface area (Å²) in [4.78, 5) is 16.0. The summed E-state index contributed by atoms with van der Waals surface area (Å²) >= 11 is 6.69. The van der Waals surface area contributed by atoms with Crippen molar-refractivity contribution >= 4 is 35.0 Å². The minimum absolute atomic E-state index is 0.0118. The highest BCUT2D eigenvalue weighted by molar-refractivity contribution is 7.99. The van der Waals surface area contributed by atoms with Crippen LogP contribution in [0.2, 0.25) is 5.02 Å². The number of rotatable bonds is 5. The standard InChI is InChI=1S/C17H13ClF3N5OS/c1-26-15(10-4-6-22-7-5-10)24-25-16(26)28-9-14(27)23-11-2-3-13(18)12(8-11)17(19,20)21/h2-8H,9H2,1H3,(H,23,27). The average molecular weight is 428 g/mol. The SMILES string of the molecule is Cn1c(SCC(=O)Nc2ccc(Cl)c(C(F)(F)F)c2)nnc1-c1ccncc1. The first-order chi connectivity index (χ1) is 13.3. The van der Waals surface area contributed by atoms with Crippen LogP contribution in [-0.4, -0.2) is 31.4 Å². The zero-order valence-electron chi connectivity index (χ0n) is 14.4. The van der Waals surface area contributed by atoms with E-state index in [-0.39, 0.29) is 11.4 Å². The van der Waals surface area contributed by atoms with Gasteiger partial charge in [-0.15, -0.1) is 10.2 Å². The molecule has 6 nitrogen and oxygen atoms in total. The Kier molecular flexibility index (Phi) is 5.90. The molecule has 0 bridgehead atoms. The molecule has 0 aliphatic rings. The molecule has 3 aromatic rings. The van der Waals surface area contributed by atoms with Crippen molar-refractivity contribution < 1.29 is 18.0 Å². The van der Waals surface area contributed by atoms with Crippen molar-refractivity contribution in [2.45, 2.75) is 11.3 Å². The zero-order chi connectivity index (χ0) is 20.3. The van der Waals surface area contributed by atoms with E-state index >= 15 is 0 Å². The van der Waals surface area contributed by atoms with E-state index in [0.29, 0.717) is 11.0 Å². The first-order valence-electron chi connectivity index (χ1n) is 7.85. The summed E-state index contributed by atoms with van der Waals surface area (Å²) in [5.74, 6) is 0.0819. The van der Waals surface area contributed by atoms with Crippen LogP contribution in [0.15, 0.2) is 47.9 Å². The van der Waals surface area contributed by atoms with Crippen LogP contribution in [0, 0.1) is 0 Å². The monoisotopic (exact) mass is 427 g/mol. The van der Waals surface area contributed by atoms with Gasteiger partial charge in [-0.2, -0.15) is 13.2 Å². The van der Waals surface area contributed by atoms with Crippen molar-refractivity contribution in [2.24, 2.45) is 7.05 Å². The Bertz CT molecular complexity index is 994. The van der Waals surface area contributed by atoms with Gasteiger partial charge >= 0.3 is 6.18 Å². The molecular formula is C17H13ClF3N5OS. The maximum Gasteiger partial charge on any atom is 0.417 e. The lowest BCUT2D eigenvalue weighted by atomic mass is 10.2. The summed E-state index contributed by atoms with van der Waals surface area (Å²) in [5.41, 5.74) is -0.171. The zero-order valence-corrected chi connectivity index (χ0v) is 15.9. The summed E-state index contributed by atoms with van der Waals surface area (Å²) in [7, 11) is 1.75. The number of alkyl halides is 3. The number of aromatic nitrogens is 4. The lowest BCUT2D eigenvalue weighted by Gasteiger charge is -2.11. The highest BCUT2D eigenvalue weighted by Gasteiger charge is 2.33. The molecule has 0 aliphatic carbocycles. The Morgan fingerprint density at radius 2 is 1.93 bits per heavy atom. The molecule has 0 radical (unpaired) electrons. The Labute approximate surface area is 167 Å². The van der Waals surface area contributed by atoms with E-state index in [2.05, 4.69) is 20.5 Å². The number of benzene rings is 1. The molecule has 28 heavy (non-hydrogen) atoms. The van der Waals surface area contributed by atoms with Crippen LogP contribution >= 0.6 is 23.4 Å². The molecule has 2 aromatic heterocycles. The van der Waals surface area contributed by atoms with Gasteiger partial charge in [0.2, 0.25) is 5.91 Å². The van der Waals surface area contributed by atoms with E-state index in [0.717, 1.165) is 29.5 Å². The van der Waals surface area contributed by atoms with Gasteiger partial charge in [-0.25, -0.2) is 0 Å². The molecule has 0 atom stereocenters. The van der Waals surface area contributed by atoms with Crippen molar-refractivity contribution in [3.05, 3.63) is 53.3 Å². The van der Waals surface area contributed by atoms with Crippen molar-refractivity contribution in [1.82, 2.24) is 19.7 Å². The predicted molar refractivity (Wildman–Crippen MR) is 100 cm³/mol. The third-order valence-corrected chi connectivity index (χ3v) is 5.01. The van der Waals surface area contributed by atoms with Gasteiger partial charge in [0.1, 0.15) is 0 Å². The molecule has 0 saturated heterocycles. The third-order valence-electron chi connectivity index (χ3n) is 3.66. The van der Waals surface area contributed by atoms with Crippen LogP contribution in [0.5, 0.6) is 0 Å². The lowest BCUT2D eigenvalue weighted by molar-refractivity contribution is -0.137. The summed E-state index contributed by atoms with van der Waals surface area (Å²) in [6, 6.07) is 6.77. The number of hydrogen-bond acceptors (Lipinski definition) is 5. The van der Waals surface area contributed by atoms with Crippen molar-refractivity contribution in [2.75, 3.05) is 11.1 Å². The Balaban J connectivity index is 1.65. The molecule has 2 heterocycles. The Hall–Kier alpha value is -2.59. The van der Waals surface area contributed by atoms with E-state index in [1.165, 1.54) is 6.07 Å². The number of nitrogens with zero attached hydrogens (tertiary/aromatic N) is 4. The molecule has 0 saturated carbocycles. The molecule has 1 N–H and O–H groups in total. The molecule has 11 heteroatoms. The van der Waals surface area contributed by atoms with Gasteiger partial charge in [-0.3, -0.25) is 9.78 Å². The quantitative estimate of drug-likeness (QED) is 0.615. The fourth-order valence-electron chi connectivity index (χ4n) is 2.34. The van der Waals surface area contributed by atoms with E-state index in [9.17, 15) is 18.0 Å². The van der Waals surface area contributed by atoms with Crippen LogP contribution in [0.3, 0.4) is 0 Å². The number of thioether (sulfide) groups is 1. The predicted octanol–water partition coefficient (Wildman–Crippen LogP) is 4.28. The van der Waals surface area contributed by atoms with E-state index in [4.69, 9.17) is 11.6 Å². The maximum atomic E-state index is 12.9. The molecule has 1 amide bonds. The third kappa shape index (κ3) is 4.63. The number of carbonyl (C=O) groups excluding carboxylic acids is 1. The number of anilines is 1. The average Bonchev–Trinajstić information content (AvgIpc) is 3.02. The van der Waals surface area contributed by atoms with Gasteiger partial charge in [0.05, 0.1) is 16.3 Å². The summed E-state index contributed by atoms with van der Waals surface area (Å²) < 4.78 is 40.4. The van der Waals surface area contributed by atoms with Gasteiger partial charge in [-0.1, -0.05) is 23.4 Å². The topological polar surface area (TPSA) is 72.7 Å². The normalized spacial score (nSPS) is 11.5. The van der Waals surface area contributed by atoms with Gasteiger partial charge < -0.3 is 9.88 Å². The number of amides is 1. The second-order valence-electron chi connectivity index (χ2n) is 5.63. The molecule has 0 spiro atoms. The van der Waals surface area contributed by atoms with Crippen LogP contribution < -0.4 is 5.32 Å². The molecular weight excluding hydrogens is 415 g/mol. The van der Waals surface area contributed by atoms with Gasteiger partial charge in [0.25, 0.3) is 0 Å². The highest BCUT2D eigenvalue weighted by atomic mass is 35.5. The smallest absolute Gasteiger partial charge is 0.325 e. The van der Waals surface area contributed by atoms with Gasteiger partial charge in [0, 0.05) is 30.7 Å². The Morgan fingerprint density at radius 3 is 2.61 bits per heavy atom. The second-order valence-corrected chi connectivity index (χ2v) is 6.98. The van der Waals surface area contributed by atoms with Gasteiger partial charge in [0.15, 0.2) is 11.0 Å². The first-order valence-corrected chi connectivity index (χ1v) is 9.21. The largest absolute Gasteiger partial charge is 0.417 e. The molecule has 0 fully saturated rings. The first kappa shape index (κ1) is 20.2. The lowest BCUT2D eigenvalue weighted by Crippen LogP contribution is -2.15. The van der Waals surface area contributed by atoms with E-state index in [1.54, 1.807) is 36.1 Å². The minimum atomic E-state index is -4.60. The number of pyridine rings is 1. The Morgan fingerprint density at radius 1 is 1.21 bits per heavy atom. The van der Waals surface area contributed by atoms with E-state index < -0.39 is 22.7 Å².